The van der Waals surface area contributed by atoms with Gasteiger partial charge in [0.2, 0.25) is 17.7 Å². The van der Waals surface area contributed by atoms with Crippen molar-refractivity contribution in [1.82, 2.24) is 31.7 Å². The number of amides is 7. The number of unbranched alkanes of at least 4 members (excludes halogenated alkanes) is 1. The first-order valence-corrected chi connectivity index (χ1v) is 14.0. The molecule has 2 aliphatic heterocycles. The highest BCUT2D eigenvalue weighted by molar-refractivity contribution is 8.00. The first-order valence-electron chi connectivity index (χ1n) is 12.9. The van der Waals surface area contributed by atoms with Crippen LogP contribution >= 0.6 is 11.8 Å². The maximum Gasteiger partial charge on any atom is 0.330 e. The smallest absolute Gasteiger partial charge is 0.330 e. The molecule has 3 unspecified atom stereocenters. The number of fused-ring (bicyclic) bond motifs is 1. The van der Waals surface area contributed by atoms with Crippen LogP contribution in [0.25, 0.3) is 0 Å². The van der Waals surface area contributed by atoms with Crippen LogP contribution in [0.4, 0.5) is 4.79 Å². The Hall–Kier alpha value is -3.82. The van der Waals surface area contributed by atoms with Crippen LogP contribution in [-0.2, 0) is 33.5 Å². The lowest BCUT2D eigenvalue weighted by molar-refractivity contribution is -0.142. The monoisotopic (exact) mass is 583 g/mol. The highest BCUT2D eigenvalue weighted by Gasteiger charge is 2.42. The molecular weight excluding hydrogens is 546 g/mol. The summed E-state index contributed by atoms with van der Waals surface area (Å²) in [4.78, 5) is 83.8. The number of carbonyl (C=O) groups excluding carboxylic acids is 7. The fourth-order valence-corrected chi connectivity index (χ4v) is 5.58. The van der Waals surface area contributed by atoms with E-state index in [4.69, 9.17) is 5.73 Å². The molecule has 0 saturated carbocycles. The summed E-state index contributed by atoms with van der Waals surface area (Å²) >= 11 is 1.80. The van der Waals surface area contributed by atoms with Crippen LogP contribution in [0.2, 0.25) is 0 Å². The molecular formula is C24H37N7O8S. The van der Waals surface area contributed by atoms with Gasteiger partial charge in [0.15, 0.2) is 0 Å². The standard InChI is InChI=1S/C24H37N7O8S/c1-4-39-20(35)10-9-19(34)31(11-17(25)32)30-23(37)14(3)27-22(36)13(2)26-18(33)8-6-5-7-16-21-15(12-40-16)28-24(38)29-21/h9-10,13-16,21H,4-8,11-12H2,1-3H3,(H2,25,32)(H,26,33)(H,27,36)(H,30,37)(H2,28,29,38)/b10-9+/t13?,14?,15-,16?,21-/m0/s1. The maximum absolute atomic E-state index is 12.5. The van der Waals surface area contributed by atoms with Gasteiger partial charge in [0.05, 0.1) is 18.7 Å². The summed E-state index contributed by atoms with van der Waals surface area (Å²) in [6, 6.07) is -1.98. The van der Waals surface area contributed by atoms with Crippen molar-refractivity contribution < 1.29 is 38.3 Å². The van der Waals surface area contributed by atoms with Crippen molar-refractivity contribution in [2.45, 2.75) is 75.9 Å². The Bertz CT molecular complexity index is 1020. The van der Waals surface area contributed by atoms with Gasteiger partial charge in [0.1, 0.15) is 18.6 Å². The summed E-state index contributed by atoms with van der Waals surface area (Å²) in [7, 11) is 0. The van der Waals surface area contributed by atoms with Crippen molar-refractivity contribution in [3.05, 3.63) is 12.2 Å². The Morgan fingerprint density at radius 2 is 1.77 bits per heavy atom. The molecule has 40 heavy (non-hydrogen) atoms. The molecule has 0 aromatic rings. The van der Waals surface area contributed by atoms with Gasteiger partial charge < -0.3 is 31.7 Å². The molecule has 0 bridgehead atoms. The number of nitrogens with zero attached hydrogens (tertiary/aromatic N) is 1. The van der Waals surface area contributed by atoms with Crippen molar-refractivity contribution in [1.29, 1.82) is 0 Å². The largest absolute Gasteiger partial charge is 0.463 e. The molecule has 222 valence electrons. The average molecular weight is 584 g/mol. The molecule has 15 nitrogen and oxygen atoms in total. The van der Waals surface area contributed by atoms with E-state index in [1.807, 2.05) is 0 Å². The van der Waals surface area contributed by atoms with Crippen LogP contribution in [0.15, 0.2) is 12.2 Å². The van der Waals surface area contributed by atoms with Gasteiger partial charge >= 0.3 is 12.0 Å². The molecule has 7 N–H and O–H groups in total. The maximum atomic E-state index is 12.5. The van der Waals surface area contributed by atoms with Crippen LogP contribution < -0.4 is 32.4 Å². The molecule has 0 radical (unpaired) electrons. The number of primary amides is 1. The minimum atomic E-state index is -1.15. The van der Waals surface area contributed by atoms with Crippen LogP contribution in [-0.4, -0.2) is 94.9 Å². The molecule has 0 aliphatic carbocycles. The third-order valence-electron chi connectivity index (χ3n) is 6.08. The van der Waals surface area contributed by atoms with Gasteiger partial charge in [0.25, 0.3) is 11.8 Å². The minimum absolute atomic E-state index is 0.0929. The van der Waals surface area contributed by atoms with Crippen molar-refractivity contribution >= 4 is 53.3 Å². The van der Waals surface area contributed by atoms with Gasteiger partial charge in [-0.15, -0.1) is 0 Å². The fraction of sp³-hybridized carbons (Fsp3) is 0.625. The zero-order chi connectivity index (χ0) is 29.8. The van der Waals surface area contributed by atoms with Gasteiger partial charge in [-0.2, -0.15) is 11.8 Å². The SMILES string of the molecule is CCOC(=O)/C=C/C(=O)N(CC(N)=O)NC(=O)C(C)NC(=O)C(C)NC(=O)CCCCC1SC[C@@H]2NC(=O)N[C@H]12. The number of nitrogens with two attached hydrogens (primary N) is 1. The van der Waals surface area contributed by atoms with Crippen molar-refractivity contribution in [2.75, 3.05) is 18.9 Å². The van der Waals surface area contributed by atoms with Gasteiger partial charge in [-0.3, -0.25) is 29.4 Å². The third kappa shape index (κ3) is 10.4. The van der Waals surface area contributed by atoms with E-state index in [2.05, 4.69) is 31.4 Å². The highest BCUT2D eigenvalue weighted by Crippen LogP contribution is 2.33. The van der Waals surface area contributed by atoms with Crippen LogP contribution in [0, 0.1) is 0 Å². The van der Waals surface area contributed by atoms with Gasteiger partial charge in [0, 0.05) is 29.6 Å². The zero-order valence-electron chi connectivity index (χ0n) is 22.7. The van der Waals surface area contributed by atoms with Crippen molar-refractivity contribution in [3.63, 3.8) is 0 Å². The summed E-state index contributed by atoms with van der Waals surface area (Å²) in [6.45, 7) is 3.80. The molecule has 5 atom stereocenters. The lowest BCUT2D eigenvalue weighted by Gasteiger charge is -2.24. The number of esters is 1. The van der Waals surface area contributed by atoms with Crippen molar-refractivity contribution in [2.24, 2.45) is 5.73 Å². The predicted octanol–water partition coefficient (Wildman–Crippen LogP) is -1.81. The first-order chi connectivity index (χ1) is 18.9. The van der Waals surface area contributed by atoms with E-state index in [1.165, 1.54) is 13.8 Å². The molecule has 2 saturated heterocycles. The molecule has 2 aliphatic rings. The summed E-state index contributed by atoms with van der Waals surface area (Å²) < 4.78 is 4.66. The van der Waals surface area contributed by atoms with Crippen LogP contribution in [0.5, 0.6) is 0 Å². The molecule has 2 heterocycles. The van der Waals surface area contributed by atoms with Crippen LogP contribution in [0.1, 0.15) is 46.5 Å². The highest BCUT2D eigenvalue weighted by atomic mass is 32.2. The van der Waals surface area contributed by atoms with Gasteiger partial charge in [-0.05, 0) is 33.6 Å². The summed E-state index contributed by atoms with van der Waals surface area (Å²) in [6.07, 6.45) is 4.11. The second-order valence-electron chi connectivity index (χ2n) is 9.34. The number of hydrogen-bond donors (Lipinski definition) is 6. The Morgan fingerprint density at radius 1 is 1.07 bits per heavy atom. The minimum Gasteiger partial charge on any atom is -0.463 e. The van der Waals surface area contributed by atoms with E-state index in [9.17, 15) is 33.6 Å². The second-order valence-corrected chi connectivity index (χ2v) is 10.6. The molecule has 16 heteroatoms. The number of carbonyl (C=O) groups is 7. The van der Waals surface area contributed by atoms with Crippen LogP contribution in [0.3, 0.4) is 0 Å². The summed E-state index contributed by atoms with van der Waals surface area (Å²) in [5.74, 6) is -3.57. The van der Waals surface area contributed by atoms with Gasteiger partial charge in [-0.1, -0.05) is 6.42 Å². The van der Waals surface area contributed by atoms with E-state index in [1.54, 1.807) is 18.7 Å². The number of urea groups is 1. The summed E-state index contributed by atoms with van der Waals surface area (Å²) in [5.41, 5.74) is 7.30. The third-order valence-corrected chi connectivity index (χ3v) is 7.59. The van der Waals surface area contributed by atoms with E-state index in [0.29, 0.717) is 16.7 Å². The molecule has 0 aromatic heterocycles. The topological polar surface area (TPSA) is 218 Å². The molecule has 0 aromatic carbocycles. The second kappa shape index (κ2) is 15.7. The van der Waals surface area contributed by atoms with Gasteiger partial charge in [-0.25, -0.2) is 14.6 Å². The first kappa shape index (κ1) is 32.4. The summed E-state index contributed by atoms with van der Waals surface area (Å²) in [5, 5.41) is 11.7. The van der Waals surface area contributed by atoms with E-state index in [-0.39, 0.29) is 37.0 Å². The quantitative estimate of drug-likeness (QED) is 0.0445. The predicted molar refractivity (Wildman–Crippen MR) is 144 cm³/mol. The Morgan fingerprint density at radius 3 is 2.45 bits per heavy atom. The molecule has 0 spiro atoms. The molecule has 2 fully saturated rings. The number of ether oxygens (including phenoxy) is 1. The van der Waals surface area contributed by atoms with E-state index in [0.717, 1.165) is 30.7 Å². The number of thioether (sulfide) groups is 1. The number of nitrogens with one attached hydrogen (secondary N) is 5. The van der Waals surface area contributed by atoms with E-state index >= 15 is 0 Å². The number of rotatable bonds is 14. The Kier molecular flexibility index (Phi) is 12.7. The Labute approximate surface area is 236 Å². The average Bonchev–Trinajstić information content (AvgIpc) is 3.43. The lowest BCUT2D eigenvalue weighted by atomic mass is 10.0. The number of hydrogen-bond acceptors (Lipinski definition) is 9. The molecule has 7 amide bonds. The molecule has 2 rings (SSSR count). The lowest BCUT2D eigenvalue weighted by Crippen LogP contribution is -2.56. The number of hydrazine groups is 1. The van der Waals surface area contributed by atoms with E-state index < -0.39 is 48.2 Å². The van der Waals surface area contributed by atoms with Crippen molar-refractivity contribution in [3.8, 4) is 0 Å². The Balaban J connectivity index is 1.74. The zero-order valence-corrected chi connectivity index (χ0v) is 23.5. The fourth-order valence-electron chi connectivity index (χ4n) is 4.04. The normalized spacial score (nSPS) is 20.9.